The van der Waals surface area contributed by atoms with Crippen molar-refractivity contribution in [2.45, 2.75) is 13.8 Å². The number of aromatic nitrogens is 1. The van der Waals surface area contributed by atoms with Crippen LogP contribution in [0.25, 0.3) is 10.9 Å². The van der Waals surface area contributed by atoms with Crippen molar-refractivity contribution in [1.29, 1.82) is 0 Å². The minimum atomic E-state index is -0.678. The maximum Gasteiger partial charge on any atom is 0.347 e. The molecule has 0 atom stereocenters. The van der Waals surface area contributed by atoms with Crippen molar-refractivity contribution in [3.05, 3.63) is 59.3 Å². The number of H-pyrrole nitrogens is 1. The number of oxime groups is 1. The molecule has 0 saturated carbocycles. The first-order chi connectivity index (χ1) is 14.5. The van der Waals surface area contributed by atoms with Gasteiger partial charge < -0.3 is 24.0 Å². The largest absolute Gasteiger partial charge is 0.455 e. The lowest BCUT2D eigenvalue weighted by Gasteiger charge is -2.05. The van der Waals surface area contributed by atoms with Crippen LogP contribution in [-0.2, 0) is 14.4 Å². The molecule has 0 amide bonds. The number of para-hydroxylation sites is 1. The highest BCUT2D eigenvalue weighted by molar-refractivity contribution is 6.10. The third-order valence-electron chi connectivity index (χ3n) is 4.71. The summed E-state index contributed by atoms with van der Waals surface area (Å²) in [6.07, 6.45) is 0. The zero-order chi connectivity index (χ0) is 21.1. The van der Waals surface area contributed by atoms with Gasteiger partial charge in [-0.2, -0.15) is 0 Å². The first-order valence-corrected chi connectivity index (χ1v) is 9.35. The predicted octanol–water partition coefficient (Wildman–Crippen LogP) is 3.37. The van der Waals surface area contributed by atoms with Crippen LogP contribution in [0.3, 0.4) is 0 Å². The topological polar surface area (TPSA) is 99.2 Å². The molecule has 0 bridgehead atoms. The Labute approximate surface area is 172 Å². The van der Waals surface area contributed by atoms with Gasteiger partial charge in [0.1, 0.15) is 0 Å². The van der Waals surface area contributed by atoms with Gasteiger partial charge in [-0.3, -0.25) is 4.79 Å². The molecule has 1 aliphatic heterocycles. The first kappa shape index (κ1) is 19.5. The van der Waals surface area contributed by atoms with Gasteiger partial charge in [0.05, 0.1) is 5.71 Å². The molecular weight excluding hydrogens is 388 g/mol. The summed E-state index contributed by atoms with van der Waals surface area (Å²) in [5.74, 6) is 0.347. The van der Waals surface area contributed by atoms with Crippen LogP contribution in [0.2, 0.25) is 0 Å². The average Bonchev–Trinajstić information content (AvgIpc) is 3.34. The number of ketones is 1. The van der Waals surface area contributed by atoms with Gasteiger partial charge in [0.15, 0.2) is 18.1 Å². The number of aryl methyl sites for hydroxylation is 1. The number of benzene rings is 2. The van der Waals surface area contributed by atoms with E-state index in [0.717, 1.165) is 22.2 Å². The maximum atomic E-state index is 12.5. The summed E-state index contributed by atoms with van der Waals surface area (Å²) >= 11 is 0. The number of hydrogen-bond donors (Lipinski definition) is 1. The van der Waals surface area contributed by atoms with Gasteiger partial charge in [-0.25, -0.2) is 4.79 Å². The number of nitrogens with zero attached hydrogens (tertiary/aromatic N) is 1. The van der Waals surface area contributed by atoms with E-state index < -0.39 is 12.6 Å². The molecule has 0 spiro atoms. The number of hydrogen-bond acceptors (Lipinski definition) is 7. The fourth-order valence-electron chi connectivity index (χ4n) is 3.25. The van der Waals surface area contributed by atoms with E-state index in [2.05, 4.69) is 10.1 Å². The van der Waals surface area contributed by atoms with Crippen molar-refractivity contribution in [3.8, 4) is 11.5 Å². The molecule has 30 heavy (non-hydrogen) atoms. The van der Waals surface area contributed by atoms with Crippen LogP contribution in [0.4, 0.5) is 0 Å². The summed E-state index contributed by atoms with van der Waals surface area (Å²) < 4.78 is 15.6. The van der Waals surface area contributed by atoms with Crippen molar-refractivity contribution in [3.63, 3.8) is 0 Å². The monoisotopic (exact) mass is 408 g/mol. The van der Waals surface area contributed by atoms with E-state index in [-0.39, 0.29) is 19.2 Å². The van der Waals surface area contributed by atoms with E-state index in [4.69, 9.17) is 19.0 Å². The Balaban J connectivity index is 1.30. The van der Waals surface area contributed by atoms with Gasteiger partial charge in [0.2, 0.25) is 19.2 Å². The smallest absolute Gasteiger partial charge is 0.347 e. The number of rotatable bonds is 7. The number of nitrogens with one attached hydrogen (secondary N) is 1. The number of carbonyl (C=O) groups excluding carboxylic acids is 2. The summed E-state index contributed by atoms with van der Waals surface area (Å²) in [6, 6.07) is 12.9. The summed E-state index contributed by atoms with van der Waals surface area (Å²) in [6.45, 7) is 2.98. The van der Waals surface area contributed by atoms with Crippen LogP contribution in [0.15, 0.2) is 47.6 Å². The molecule has 1 aliphatic rings. The highest BCUT2D eigenvalue weighted by Crippen LogP contribution is 2.32. The van der Waals surface area contributed by atoms with Crippen LogP contribution in [0.5, 0.6) is 11.5 Å². The third kappa shape index (κ3) is 3.98. The Morgan fingerprint density at radius 1 is 1.10 bits per heavy atom. The molecule has 2 heterocycles. The summed E-state index contributed by atoms with van der Waals surface area (Å²) in [5.41, 5.74) is 3.46. The molecular formula is C22H20N2O6. The molecule has 1 N–H and O–H groups in total. The van der Waals surface area contributed by atoms with E-state index in [1.54, 1.807) is 19.1 Å². The molecule has 0 unspecified atom stereocenters. The summed E-state index contributed by atoms with van der Waals surface area (Å²) in [4.78, 5) is 32.7. The minimum Gasteiger partial charge on any atom is -0.455 e. The first-order valence-electron chi connectivity index (χ1n) is 9.35. The zero-order valence-electron chi connectivity index (χ0n) is 16.6. The highest BCUT2D eigenvalue weighted by atomic mass is 16.7. The van der Waals surface area contributed by atoms with Crippen LogP contribution < -0.4 is 9.47 Å². The van der Waals surface area contributed by atoms with E-state index in [0.29, 0.717) is 22.8 Å². The highest BCUT2D eigenvalue weighted by Gasteiger charge is 2.18. The van der Waals surface area contributed by atoms with E-state index in [9.17, 15) is 9.59 Å². The quantitative estimate of drug-likeness (QED) is 0.279. The van der Waals surface area contributed by atoms with Gasteiger partial charge in [-0.1, -0.05) is 23.4 Å². The maximum absolute atomic E-state index is 12.5. The predicted molar refractivity (Wildman–Crippen MR) is 109 cm³/mol. The van der Waals surface area contributed by atoms with Gasteiger partial charge in [0, 0.05) is 27.7 Å². The second kappa shape index (κ2) is 8.28. The molecule has 0 radical (unpaired) electrons. The Bertz CT molecular complexity index is 1150. The van der Waals surface area contributed by atoms with Gasteiger partial charge >= 0.3 is 5.97 Å². The molecule has 0 aliphatic carbocycles. The van der Waals surface area contributed by atoms with Gasteiger partial charge in [0.25, 0.3) is 0 Å². The van der Waals surface area contributed by atoms with E-state index >= 15 is 0 Å². The normalized spacial score (nSPS) is 12.8. The van der Waals surface area contributed by atoms with Crippen LogP contribution in [0, 0.1) is 6.92 Å². The number of fused-ring (bicyclic) bond motifs is 2. The molecule has 8 nitrogen and oxygen atoms in total. The summed E-state index contributed by atoms with van der Waals surface area (Å²) in [7, 11) is 0. The Hall–Kier alpha value is -3.81. The van der Waals surface area contributed by atoms with Gasteiger partial charge in [-0.15, -0.1) is 0 Å². The van der Waals surface area contributed by atoms with Crippen LogP contribution >= 0.6 is 0 Å². The number of esters is 1. The van der Waals surface area contributed by atoms with Crippen molar-refractivity contribution in [1.82, 2.24) is 4.98 Å². The minimum absolute atomic E-state index is 0.189. The second-order valence-corrected chi connectivity index (χ2v) is 6.77. The van der Waals surface area contributed by atoms with Crippen molar-refractivity contribution in [2.75, 3.05) is 20.0 Å². The lowest BCUT2D eigenvalue weighted by Crippen LogP contribution is -2.18. The van der Waals surface area contributed by atoms with E-state index in [1.807, 2.05) is 37.3 Å². The van der Waals surface area contributed by atoms with Crippen molar-refractivity contribution < 1.29 is 28.6 Å². The number of aromatic amines is 1. The average molecular weight is 408 g/mol. The molecule has 3 aromatic rings. The lowest BCUT2D eigenvalue weighted by molar-refractivity contribution is -0.147. The Morgan fingerprint density at radius 3 is 2.77 bits per heavy atom. The molecule has 154 valence electrons. The number of Topliss-reactive ketones (excluding diaryl/α,β-unsaturated/α-hetero) is 1. The third-order valence-corrected chi connectivity index (χ3v) is 4.71. The zero-order valence-corrected chi connectivity index (χ0v) is 16.6. The second-order valence-electron chi connectivity index (χ2n) is 6.77. The molecule has 4 rings (SSSR count). The Morgan fingerprint density at radius 2 is 1.90 bits per heavy atom. The van der Waals surface area contributed by atoms with Crippen molar-refractivity contribution in [2.24, 2.45) is 5.16 Å². The lowest BCUT2D eigenvalue weighted by atomic mass is 10.1. The number of ether oxygens (including phenoxy) is 3. The molecule has 1 aromatic heterocycles. The van der Waals surface area contributed by atoms with Crippen molar-refractivity contribution >= 4 is 28.4 Å². The summed E-state index contributed by atoms with van der Waals surface area (Å²) in [5, 5.41) is 4.72. The standard InChI is InChI=1S/C22H20N2O6/c1-13(15-7-8-19-20(9-15)29-12-28-19)24-30-11-21(26)27-10-18(25)22-14(2)23-17-6-4-3-5-16(17)22/h3-9,23H,10-12H2,1-2H3/b24-13-. The fourth-order valence-corrected chi connectivity index (χ4v) is 3.25. The fraction of sp³-hybridized carbons (Fsp3) is 0.227. The molecule has 2 aromatic carbocycles. The molecule has 8 heteroatoms. The van der Waals surface area contributed by atoms with Crippen LogP contribution in [0.1, 0.15) is 28.5 Å². The number of carbonyl (C=O) groups is 2. The molecule has 0 saturated heterocycles. The SMILES string of the molecule is C/C(=N/OCC(=O)OCC(=O)c1c(C)[nH]c2ccccc12)c1ccc2c(c1)OCO2. The Kier molecular flexibility index (Phi) is 5.38. The van der Waals surface area contributed by atoms with Gasteiger partial charge in [-0.05, 0) is 38.1 Å². The van der Waals surface area contributed by atoms with Crippen LogP contribution in [-0.4, -0.2) is 42.5 Å². The molecule has 0 fully saturated rings. The van der Waals surface area contributed by atoms with E-state index in [1.165, 1.54) is 0 Å².